The second-order valence-corrected chi connectivity index (χ2v) is 12.7. The second kappa shape index (κ2) is 9.37. The van der Waals surface area contributed by atoms with Crippen LogP contribution in [0.3, 0.4) is 0 Å². The van der Waals surface area contributed by atoms with E-state index in [-0.39, 0.29) is 34.5 Å². The maximum absolute atomic E-state index is 12.8. The molecule has 4 fully saturated rings. The van der Waals surface area contributed by atoms with Gasteiger partial charge in [0.15, 0.2) is 5.79 Å². The summed E-state index contributed by atoms with van der Waals surface area (Å²) in [6, 6.07) is 5.86. The van der Waals surface area contributed by atoms with E-state index in [1.165, 1.54) is 43.5 Å². The van der Waals surface area contributed by atoms with E-state index in [1.807, 2.05) is 0 Å². The average Bonchev–Trinajstić information content (AvgIpc) is 3.17. The fourth-order valence-electron chi connectivity index (χ4n) is 8.36. The number of fused-ring (bicyclic) bond motifs is 5. The molecule has 1 aromatic rings. The average molecular weight is 511 g/mol. The van der Waals surface area contributed by atoms with Gasteiger partial charge >= 0.3 is 5.97 Å². The molecule has 1 spiro atoms. The molecule has 5 aliphatic rings. The monoisotopic (exact) mass is 510 g/mol. The van der Waals surface area contributed by atoms with Crippen molar-refractivity contribution in [2.75, 3.05) is 11.8 Å². The predicted octanol–water partition coefficient (Wildman–Crippen LogP) is 6.10. The molecule has 6 rings (SSSR count). The molecule has 2 aliphatic heterocycles. The van der Waals surface area contributed by atoms with Gasteiger partial charge in [0.1, 0.15) is 6.10 Å². The van der Waals surface area contributed by atoms with Gasteiger partial charge in [0.2, 0.25) is 0 Å². The maximum Gasteiger partial charge on any atom is 0.338 e. The minimum Gasteiger partial charge on any atom is -0.733 e. The Kier molecular flexibility index (Phi) is 6.42. The van der Waals surface area contributed by atoms with Gasteiger partial charge in [-0.25, -0.2) is 4.79 Å². The zero-order valence-electron chi connectivity index (χ0n) is 22.2. The summed E-state index contributed by atoms with van der Waals surface area (Å²) in [6.07, 6.45) is 12.3. The minimum atomic E-state index is -0.393. The number of esters is 1. The van der Waals surface area contributed by atoms with Crippen LogP contribution in [0.25, 0.3) is 0 Å². The first-order valence-electron chi connectivity index (χ1n) is 14.2. The van der Waals surface area contributed by atoms with Gasteiger partial charge in [0.05, 0.1) is 24.0 Å². The Balaban J connectivity index is 1.14. The summed E-state index contributed by atoms with van der Waals surface area (Å²) in [5, 5.41) is 19.8. The van der Waals surface area contributed by atoms with E-state index in [9.17, 15) is 10.0 Å². The molecule has 0 amide bonds. The van der Waals surface area contributed by atoms with E-state index in [2.05, 4.69) is 32.9 Å². The van der Waals surface area contributed by atoms with Crippen molar-refractivity contribution < 1.29 is 24.2 Å². The third-order valence-electron chi connectivity index (χ3n) is 10.7. The number of anilines is 1. The van der Waals surface area contributed by atoms with Crippen molar-refractivity contribution in [1.29, 1.82) is 0 Å². The van der Waals surface area contributed by atoms with Crippen LogP contribution in [0.4, 0.5) is 5.69 Å². The van der Waals surface area contributed by atoms with Gasteiger partial charge in [0, 0.05) is 18.3 Å². The van der Waals surface area contributed by atoms with Crippen LogP contribution in [0.2, 0.25) is 0 Å². The highest BCUT2D eigenvalue weighted by molar-refractivity contribution is 5.90. The lowest BCUT2D eigenvalue weighted by molar-refractivity contribution is -0.275. The van der Waals surface area contributed by atoms with Crippen molar-refractivity contribution in [2.24, 2.45) is 40.9 Å². The van der Waals surface area contributed by atoms with Crippen molar-refractivity contribution in [2.45, 2.75) is 83.7 Å². The van der Waals surface area contributed by atoms with Crippen LogP contribution in [-0.4, -0.2) is 35.8 Å². The molecule has 0 unspecified atom stereocenters. The Labute approximate surface area is 219 Å². The smallest absolute Gasteiger partial charge is 0.338 e. The number of carbonyl (C=O) groups excluding carboxylic acids is 1. The molecule has 1 N–H and O–H groups in total. The molecule has 2 heterocycles. The highest BCUT2D eigenvalue weighted by atomic mass is 16.8. The third kappa shape index (κ3) is 4.22. The number of ether oxygens (including phenoxy) is 3. The first kappa shape index (κ1) is 25.4. The van der Waals surface area contributed by atoms with Gasteiger partial charge in [0.25, 0.3) is 0 Å². The number of rotatable bonds is 3. The highest BCUT2D eigenvalue weighted by Gasteiger charge is 2.61. The van der Waals surface area contributed by atoms with Crippen molar-refractivity contribution in [1.82, 2.24) is 0 Å². The van der Waals surface area contributed by atoms with Gasteiger partial charge in [-0.3, -0.25) is 5.21 Å². The number of carbonyl (C=O) groups is 1. The summed E-state index contributed by atoms with van der Waals surface area (Å²) in [5.74, 6) is 2.21. The van der Waals surface area contributed by atoms with Crippen molar-refractivity contribution in [3.63, 3.8) is 0 Å². The summed E-state index contributed by atoms with van der Waals surface area (Å²) >= 11 is 0. The molecule has 7 heteroatoms. The summed E-state index contributed by atoms with van der Waals surface area (Å²) < 4.78 is 19.3. The van der Waals surface area contributed by atoms with Crippen LogP contribution >= 0.6 is 0 Å². The molecule has 0 aromatic heterocycles. The SMILES string of the molecule is C[C@@H]1CC[C@]2(OC1)O[C@H]1[C@H]3C=C[C@@H]4C[C@@H](OC(=O)c5ccc(N([O-])O)cc5)CC[C@]4(C)[C@H]3CC[C@@H]1[C@H]2C. The van der Waals surface area contributed by atoms with Crippen molar-refractivity contribution >= 4 is 11.7 Å². The quantitative estimate of drug-likeness (QED) is 0.298. The van der Waals surface area contributed by atoms with Crippen LogP contribution in [0.5, 0.6) is 0 Å². The predicted molar refractivity (Wildman–Crippen MR) is 139 cm³/mol. The summed E-state index contributed by atoms with van der Waals surface area (Å²) in [7, 11) is 0. The zero-order valence-corrected chi connectivity index (χ0v) is 22.2. The number of hydrogen-bond acceptors (Lipinski definition) is 7. The fraction of sp³-hybridized carbons (Fsp3) is 0.700. The van der Waals surface area contributed by atoms with Crippen molar-refractivity contribution in [3.05, 3.63) is 47.2 Å². The molecule has 7 nitrogen and oxygen atoms in total. The summed E-state index contributed by atoms with van der Waals surface area (Å²) in [5.41, 5.74) is 0.646. The third-order valence-corrected chi connectivity index (χ3v) is 10.7. The Morgan fingerprint density at radius 1 is 1.11 bits per heavy atom. The molecule has 37 heavy (non-hydrogen) atoms. The van der Waals surface area contributed by atoms with E-state index in [0.29, 0.717) is 41.1 Å². The number of allylic oxidation sites excluding steroid dienone is 1. The Morgan fingerprint density at radius 2 is 1.89 bits per heavy atom. The zero-order chi connectivity index (χ0) is 25.9. The molecular weight excluding hydrogens is 470 g/mol. The van der Waals surface area contributed by atoms with Gasteiger partial charge in [-0.05, 0) is 91.9 Å². The molecule has 0 radical (unpaired) electrons. The van der Waals surface area contributed by atoms with Crippen molar-refractivity contribution in [3.8, 4) is 0 Å². The Morgan fingerprint density at radius 3 is 2.59 bits per heavy atom. The number of nitrogens with zero attached hydrogens (tertiary/aromatic N) is 1. The van der Waals surface area contributed by atoms with E-state index in [0.717, 1.165) is 32.3 Å². The number of benzene rings is 1. The molecule has 2 saturated heterocycles. The lowest BCUT2D eigenvalue weighted by Crippen LogP contribution is -2.52. The normalized spacial score (nSPS) is 44.6. The summed E-state index contributed by atoms with van der Waals surface area (Å²) in [4.78, 5) is 12.8. The Bertz CT molecular complexity index is 1030. The lowest BCUT2D eigenvalue weighted by atomic mass is 9.50. The topological polar surface area (TPSA) is 91.3 Å². The molecule has 0 bridgehead atoms. The van der Waals surface area contributed by atoms with Crippen LogP contribution in [-0.2, 0) is 14.2 Å². The molecular formula is C30H40NO6-. The molecule has 2 saturated carbocycles. The largest absolute Gasteiger partial charge is 0.733 e. The van der Waals surface area contributed by atoms with Crippen LogP contribution < -0.4 is 5.23 Å². The molecule has 1 aromatic carbocycles. The van der Waals surface area contributed by atoms with Gasteiger partial charge < -0.3 is 24.6 Å². The first-order chi connectivity index (χ1) is 17.7. The van der Waals surface area contributed by atoms with Gasteiger partial charge in [-0.1, -0.05) is 32.9 Å². The molecule has 202 valence electrons. The maximum atomic E-state index is 12.8. The minimum absolute atomic E-state index is 0.0813. The van der Waals surface area contributed by atoms with Crippen LogP contribution in [0, 0.1) is 46.1 Å². The lowest BCUT2D eigenvalue weighted by Gasteiger charge is -2.55. The number of hydrogen-bond donors (Lipinski definition) is 1. The van der Waals surface area contributed by atoms with E-state index in [1.54, 1.807) is 0 Å². The standard InChI is InChI=1S/C30H40NO6/c1-18-12-15-30(35-17-18)19(2)24-10-11-26-25(27(24)37-30)9-6-21-16-23(13-14-29(21,26)3)36-28(32)20-4-7-22(8-5-20)31(33)34/h4-9,18-19,21,23-27,33H,10-17H2,1-3H3/q-1/t18-,19-,21-,23+,24-,25+,26+,27-,29+,30+/m1/s1. The highest BCUT2D eigenvalue weighted by Crippen LogP contribution is 2.62. The van der Waals surface area contributed by atoms with Gasteiger partial charge in [-0.2, -0.15) is 0 Å². The Hall–Kier alpha value is -1.93. The molecule has 10 atom stereocenters. The fourth-order valence-corrected chi connectivity index (χ4v) is 8.36. The van der Waals surface area contributed by atoms with E-state index < -0.39 is 5.79 Å². The van der Waals surface area contributed by atoms with Crippen LogP contribution in [0.1, 0.15) is 76.1 Å². The molecule has 3 aliphatic carbocycles. The van der Waals surface area contributed by atoms with E-state index >= 15 is 0 Å². The second-order valence-electron chi connectivity index (χ2n) is 12.7. The first-order valence-corrected chi connectivity index (χ1v) is 14.2. The van der Waals surface area contributed by atoms with Crippen LogP contribution in [0.15, 0.2) is 36.4 Å². The van der Waals surface area contributed by atoms with E-state index in [4.69, 9.17) is 19.4 Å². The summed E-state index contributed by atoms with van der Waals surface area (Å²) in [6.45, 7) is 7.87. The van der Waals surface area contributed by atoms with Gasteiger partial charge in [-0.15, -0.1) is 0 Å².